The lowest BCUT2D eigenvalue weighted by Crippen LogP contribution is -2.49. The van der Waals surface area contributed by atoms with Crippen LogP contribution in [0.3, 0.4) is 0 Å². The van der Waals surface area contributed by atoms with E-state index < -0.39 is 5.60 Å². The Hall–Kier alpha value is -0.690. The Morgan fingerprint density at radius 2 is 2.17 bits per heavy atom. The van der Waals surface area contributed by atoms with Gasteiger partial charge in [0.1, 0.15) is 0 Å². The second-order valence-electron chi connectivity index (χ2n) is 4.76. The SMILES string of the molecule is COCCNCC(=O)N(C)CC1(O)CCOCC1. The zero-order valence-corrected chi connectivity index (χ0v) is 11.3. The Labute approximate surface area is 108 Å². The highest BCUT2D eigenvalue weighted by Gasteiger charge is 2.32. The fraction of sp³-hybridized carbons (Fsp3) is 0.917. The summed E-state index contributed by atoms with van der Waals surface area (Å²) in [6.07, 6.45) is 1.17. The molecule has 0 unspecified atom stereocenters. The molecular formula is C12H24N2O4. The molecule has 18 heavy (non-hydrogen) atoms. The van der Waals surface area contributed by atoms with Gasteiger partial charge in [-0.3, -0.25) is 4.79 Å². The second-order valence-corrected chi connectivity index (χ2v) is 4.76. The number of nitrogens with zero attached hydrogens (tertiary/aromatic N) is 1. The third-order valence-electron chi connectivity index (χ3n) is 3.14. The first-order chi connectivity index (χ1) is 8.57. The van der Waals surface area contributed by atoms with Crippen molar-refractivity contribution in [2.75, 3.05) is 53.6 Å². The first-order valence-electron chi connectivity index (χ1n) is 6.31. The standard InChI is InChI=1S/C12H24N2O4/c1-14(11(15)9-13-5-8-17-2)10-12(16)3-6-18-7-4-12/h13,16H,3-10H2,1-2H3. The van der Waals surface area contributed by atoms with Crippen molar-refractivity contribution in [3.63, 3.8) is 0 Å². The van der Waals surface area contributed by atoms with Crippen LogP contribution in [0.15, 0.2) is 0 Å². The largest absolute Gasteiger partial charge is 0.388 e. The minimum absolute atomic E-state index is 0.0222. The monoisotopic (exact) mass is 260 g/mol. The normalized spacial score (nSPS) is 18.6. The van der Waals surface area contributed by atoms with Gasteiger partial charge in [-0.2, -0.15) is 0 Å². The smallest absolute Gasteiger partial charge is 0.236 e. The Morgan fingerprint density at radius 1 is 1.50 bits per heavy atom. The number of hydrogen-bond acceptors (Lipinski definition) is 5. The number of aliphatic hydroxyl groups is 1. The van der Waals surface area contributed by atoms with Gasteiger partial charge in [0, 0.05) is 53.3 Å². The zero-order valence-electron chi connectivity index (χ0n) is 11.3. The van der Waals surface area contributed by atoms with Gasteiger partial charge in [-0.05, 0) is 0 Å². The highest BCUT2D eigenvalue weighted by Crippen LogP contribution is 2.21. The molecule has 6 heteroatoms. The van der Waals surface area contributed by atoms with Crippen molar-refractivity contribution in [1.82, 2.24) is 10.2 Å². The van der Waals surface area contributed by atoms with Gasteiger partial charge in [0.05, 0.1) is 18.8 Å². The molecule has 0 bridgehead atoms. The molecule has 2 N–H and O–H groups in total. The fourth-order valence-electron chi connectivity index (χ4n) is 1.94. The van der Waals surface area contributed by atoms with Crippen LogP contribution < -0.4 is 5.32 Å². The van der Waals surface area contributed by atoms with Crippen LogP contribution in [0.25, 0.3) is 0 Å². The summed E-state index contributed by atoms with van der Waals surface area (Å²) in [4.78, 5) is 13.4. The van der Waals surface area contributed by atoms with E-state index >= 15 is 0 Å². The van der Waals surface area contributed by atoms with Crippen LogP contribution in [-0.2, 0) is 14.3 Å². The van der Waals surface area contributed by atoms with E-state index in [2.05, 4.69) is 5.32 Å². The van der Waals surface area contributed by atoms with Gasteiger partial charge in [0.25, 0.3) is 0 Å². The van der Waals surface area contributed by atoms with E-state index in [1.54, 1.807) is 19.1 Å². The average molecular weight is 260 g/mol. The molecule has 1 amide bonds. The quantitative estimate of drug-likeness (QED) is 0.588. The van der Waals surface area contributed by atoms with E-state index in [1.165, 1.54) is 0 Å². The van der Waals surface area contributed by atoms with Crippen LogP contribution in [0.2, 0.25) is 0 Å². The van der Waals surface area contributed by atoms with Crippen LogP contribution in [0.1, 0.15) is 12.8 Å². The third kappa shape index (κ3) is 5.30. The van der Waals surface area contributed by atoms with Gasteiger partial charge < -0.3 is 24.8 Å². The maximum Gasteiger partial charge on any atom is 0.236 e. The molecule has 1 fully saturated rings. The lowest BCUT2D eigenvalue weighted by molar-refractivity contribution is -0.135. The summed E-state index contributed by atoms with van der Waals surface area (Å²) < 4.78 is 10.1. The summed E-state index contributed by atoms with van der Waals surface area (Å²) in [5.74, 6) is -0.0222. The van der Waals surface area contributed by atoms with Crippen LogP contribution in [0, 0.1) is 0 Å². The minimum atomic E-state index is -0.796. The number of rotatable bonds is 7. The molecule has 1 saturated heterocycles. The second kappa shape index (κ2) is 7.68. The lowest BCUT2D eigenvalue weighted by atomic mass is 9.94. The average Bonchev–Trinajstić information content (AvgIpc) is 2.34. The molecule has 0 saturated carbocycles. The van der Waals surface area contributed by atoms with Gasteiger partial charge in [0.2, 0.25) is 5.91 Å². The molecule has 0 atom stereocenters. The first-order valence-corrected chi connectivity index (χ1v) is 6.31. The van der Waals surface area contributed by atoms with Crippen molar-refractivity contribution in [3.8, 4) is 0 Å². The summed E-state index contributed by atoms with van der Waals surface area (Å²) in [5.41, 5.74) is -0.796. The number of ether oxygens (including phenoxy) is 2. The summed E-state index contributed by atoms with van der Waals surface area (Å²) in [6, 6.07) is 0. The number of hydrogen-bond donors (Lipinski definition) is 2. The molecule has 1 aliphatic heterocycles. The van der Waals surface area contributed by atoms with Gasteiger partial charge in [-0.1, -0.05) is 0 Å². The Morgan fingerprint density at radius 3 is 2.78 bits per heavy atom. The molecule has 0 spiro atoms. The van der Waals surface area contributed by atoms with E-state index in [-0.39, 0.29) is 12.5 Å². The molecule has 0 aromatic heterocycles. The van der Waals surface area contributed by atoms with E-state index in [1.807, 2.05) is 0 Å². The topological polar surface area (TPSA) is 71.0 Å². The van der Waals surface area contributed by atoms with Gasteiger partial charge in [0.15, 0.2) is 0 Å². The highest BCUT2D eigenvalue weighted by molar-refractivity contribution is 5.78. The number of methoxy groups -OCH3 is 1. The third-order valence-corrected chi connectivity index (χ3v) is 3.14. The van der Waals surface area contributed by atoms with Crippen LogP contribution >= 0.6 is 0 Å². The Balaban J connectivity index is 2.25. The Bertz CT molecular complexity index is 254. The van der Waals surface area contributed by atoms with Gasteiger partial charge in [-0.25, -0.2) is 0 Å². The highest BCUT2D eigenvalue weighted by atomic mass is 16.5. The molecule has 1 aliphatic rings. The molecule has 0 radical (unpaired) electrons. The molecule has 106 valence electrons. The fourth-order valence-corrected chi connectivity index (χ4v) is 1.94. The van der Waals surface area contributed by atoms with Gasteiger partial charge >= 0.3 is 0 Å². The predicted octanol–water partition coefficient (Wildman–Crippen LogP) is -0.778. The molecule has 1 rings (SSSR count). The number of amides is 1. The van der Waals surface area contributed by atoms with Gasteiger partial charge in [-0.15, -0.1) is 0 Å². The summed E-state index contributed by atoms with van der Waals surface area (Å²) in [5, 5.41) is 13.3. The maximum absolute atomic E-state index is 11.8. The van der Waals surface area contributed by atoms with Crippen LogP contribution in [-0.4, -0.2) is 75.1 Å². The number of likely N-dealkylation sites (N-methyl/N-ethyl adjacent to an activating group) is 1. The molecule has 1 heterocycles. The first kappa shape index (κ1) is 15.4. The Kier molecular flexibility index (Phi) is 6.56. The van der Waals surface area contributed by atoms with Crippen molar-refractivity contribution in [3.05, 3.63) is 0 Å². The van der Waals surface area contributed by atoms with Crippen molar-refractivity contribution in [1.29, 1.82) is 0 Å². The molecule has 0 aromatic rings. The van der Waals surface area contributed by atoms with Crippen molar-refractivity contribution in [2.24, 2.45) is 0 Å². The van der Waals surface area contributed by atoms with E-state index in [9.17, 15) is 9.90 Å². The van der Waals surface area contributed by atoms with E-state index in [0.717, 1.165) is 0 Å². The maximum atomic E-state index is 11.8. The number of nitrogens with one attached hydrogen (secondary N) is 1. The minimum Gasteiger partial charge on any atom is -0.388 e. The summed E-state index contributed by atoms with van der Waals surface area (Å²) in [6.45, 7) is 2.98. The van der Waals surface area contributed by atoms with Crippen LogP contribution in [0.5, 0.6) is 0 Å². The predicted molar refractivity (Wildman–Crippen MR) is 67.4 cm³/mol. The molecule has 0 aromatic carbocycles. The van der Waals surface area contributed by atoms with Crippen molar-refractivity contribution in [2.45, 2.75) is 18.4 Å². The zero-order chi connectivity index (χ0) is 13.4. The lowest BCUT2D eigenvalue weighted by Gasteiger charge is -2.35. The van der Waals surface area contributed by atoms with Crippen molar-refractivity contribution >= 4 is 5.91 Å². The number of carbonyl (C=O) groups excluding carboxylic acids is 1. The molecular weight excluding hydrogens is 236 g/mol. The van der Waals surface area contributed by atoms with Crippen molar-refractivity contribution < 1.29 is 19.4 Å². The summed E-state index contributed by atoms with van der Waals surface area (Å²) >= 11 is 0. The number of carbonyl (C=O) groups is 1. The summed E-state index contributed by atoms with van der Waals surface area (Å²) in [7, 11) is 3.34. The molecule has 0 aliphatic carbocycles. The van der Waals surface area contributed by atoms with E-state index in [0.29, 0.717) is 45.8 Å². The van der Waals surface area contributed by atoms with Crippen LogP contribution in [0.4, 0.5) is 0 Å². The van der Waals surface area contributed by atoms with E-state index in [4.69, 9.17) is 9.47 Å². The molecule has 6 nitrogen and oxygen atoms in total.